The molecule has 2 aromatic carbocycles. The molecule has 0 amide bonds. The highest BCUT2D eigenvalue weighted by Crippen LogP contribution is 2.45. The molecule has 4 rings (SSSR count). The van der Waals surface area contributed by atoms with E-state index in [0.29, 0.717) is 12.2 Å². The van der Waals surface area contributed by atoms with Crippen molar-refractivity contribution in [3.05, 3.63) is 59.7 Å². The van der Waals surface area contributed by atoms with Crippen LogP contribution < -0.4 is 9.47 Å². The van der Waals surface area contributed by atoms with E-state index >= 15 is 0 Å². The number of aliphatic carboxylic acids is 2. The Bertz CT molecular complexity index is 1090. The molecule has 2 N–H and O–H groups in total. The first-order valence-corrected chi connectivity index (χ1v) is 11.5. The summed E-state index contributed by atoms with van der Waals surface area (Å²) < 4.78 is 11.1. The van der Waals surface area contributed by atoms with Crippen LogP contribution in [0.1, 0.15) is 11.1 Å². The van der Waals surface area contributed by atoms with E-state index in [4.69, 9.17) is 19.7 Å². The number of nitrogens with zero attached hydrogens (tertiary/aromatic N) is 2. The number of carboxylic acid groups (broad SMARTS) is 2. The minimum atomic E-state index is -1.26. The molecule has 9 heteroatoms. The largest absolute Gasteiger partial charge is 0.493 e. The molecule has 0 aliphatic carbocycles. The van der Waals surface area contributed by atoms with E-state index in [0.717, 1.165) is 37.7 Å². The highest BCUT2D eigenvalue weighted by Gasteiger charge is 2.24. The molecule has 2 aromatic rings. The van der Waals surface area contributed by atoms with Crippen molar-refractivity contribution in [2.75, 3.05) is 47.4 Å². The summed E-state index contributed by atoms with van der Waals surface area (Å²) in [7, 11) is 5.57. The number of rotatable bonds is 5. The Kier molecular flexibility index (Phi) is 8.61. The molecule has 8 nitrogen and oxygen atoms in total. The number of piperazine rings is 1. The van der Waals surface area contributed by atoms with Crippen molar-refractivity contribution < 1.29 is 29.3 Å². The van der Waals surface area contributed by atoms with Gasteiger partial charge in [-0.2, -0.15) is 0 Å². The van der Waals surface area contributed by atoms with Crippen LogP contribution in [0, 0.1) is 0 Å². The minimum absolute atomic E-state index is 0.558. The zero-order valence-corrected chi connectivity index (χ0v) is 20.2. The number of fused-ring (bicyclic) bond motifs is 2. The number of carboxylic acids is 2. The van der Waals surface area contributed by atoms with Gasteiger partial charge in [0.1, 0.15) is 0 Å². The maximum Gasteiger partial charge on any atom is 0.328 e. The van der Waals surface area contributed by atoms with Crippen molar-refractivity contribution in [1.82, 2.24) is 9.80 Å². The second-order valence-corrected chi connectivity index (χ2v) is 8.76. The van der Waals surface area contributed by atoms with Gasteiger partial charge < -0.3 is 29.5 Å². The predicted molar refractivity (Wildman–Crippen MR) is 131 cm³/mol. The SMILES string of the molecule is COc1cc2c(cc1OC)C(N1CCN(C)CC1)=Cc1ccccc1S2.O=C(O)C=CC(=O)O. The van der Waals surface area contributed by atoms with Crippen LogP contribution >= 0.6 is 11.8 Å². The zero-order valence-electron chi connectivity index (χ0n) is 19.4. The van der Waals surface area contributed by atoms with Crippen molar-refractivity contribution in [3.8, 4) is 11.5 Å². The molecule has 1 fully saturated rings. The average molecular weight is 485 g/mol. The van der Waals surface area contributed by atoms with E-state index in [1.54, 1.807) is 26.0 Å². The molecule has 0 saturated carbocycles. The van der Waals surface area contributed by atoms with E-state index in [1.165, 1.54) is 26.6 Å². The maximum absolute atomic E-state index is 9.55. The van der Waals surface area contributed by atoms with Gasteiger partial charge in [0, 0.05) is 59.4 Å². The van der Waals surface area contributed by atoms with Gasteiger partial charge in [0.05, 0.1) is 14.2 Å². The van der Waals surface area contributed by atoms with Crippen LogP contribution in [0.4, 0.5) is 0 Å². The third-order valence-electron chi connectivity index (χ3n) is 5.41. The monoisotopic (exact) mass is 484 g/mol. The lowest BCUT2D eigenvalue weighted by molar-refractivity contribution is -0.134. The molecule has 1 saturated heterocycles. The van der Waals surface area contributed by atoms with Crippen LogP contribution in [0.25, 0.3) is 11.8 Å². The first-order valence-electron chi connectivity index (χ1n) is 10.6. The molecule has 2 aliphatic rings. The first kappa shape index (κ1) is 25.2. The summed E-state index contributed by atoms with van der Waals surface area (Å²) >= 11 is 1.80. The van der Waals surface area contributed by atoms with Gasteiger partial charge in [-0.25, -0.2) is 9.59 Å². The van der Waals surface area contributed by atoms with E-state index in [2.05, 4.69) is 59.3 Å². The molecular formula is C25H28N2O6S. The standard InChI is InChI=1S/C21H24N2O2S.C4H4O4/c1-22-8-10-23(11-9-22)17-12-15-6-4-5-7-20(15)26-21-14-19(25-3)18(24-2)13-16(17)21;5-3(6)1-2-4(7)8/h4-7,12-14H,8-11H2,1-3H3;1-2H,(H,5,6)(H,7,8). The summed E-state index contributed by atoms with van der Waals surface area (Å²) in [6.07, 6.45) is 3.44. The summed E-state index contributed by atoms with van der Waals surface area (Å²) in [4.78, 5) is 26.5. The topological polar surface area (TPSA) is 99.5 Å². The average Bonchev–Trinajstić information content (AvgIpc) is 2.99. The fourth-order valence-electron chi connectivity index (χ4n) is 3.63. The normalized spacial score (nSPS) is 15.3. The third-order valence-corrected chi connectivity index (χ3v) is 6.55. The van der Waals surface area contributed by atoms with Gasteiger partial charge >= 0.3 is 11.9 Å². The Labute approximate surface area is 203 Å². The smallest absolute Gasteiger partial charge is 0.328 e. The van der Waals surface area contributed by atoms with Gasteiger partial charge in [0.15, 0.2) is 11.5 Å². The van der Waals surface area contributed by atoms with Gasteiger partial charge in [-0.05, 0) is 36.9 Å². The Hall–Kier alpha value is -3.43. The fraction of sp³-hybridized carbons (Fsp3) is 0.280. The van der Waals surface area contributed by atoms with Crippen LogP contribution in [0.15, 0.2) is 58.3 Å². The molecule has 0 unspecified atom stereocenters. The van der Waals surface area contributed by atoms with Crippen molar-refractivity contribution in [2.24, 2.45) is 0 Å². The van der Waals surface area contributed by atoms with Crippen molar-refractivity contribution >= 4 is 35.5 Å². The summed E-state index contributed by atoms with van der Waals surface area (Å²) in [6, 6.07) is 12.8. The van der Waals surface area contributed by atoms with Gasteiger partial charge in [0.2, 0.25) is 0 Å². The Morgan fingerprint density at radius 3 is 2.09 bits per heavy atom. The van der Waals surface area contributed by atoms with Gasteiger partial charge in [0.25, 0.3) is 0 Å². The van der Waals surface area contributed by atoms with Gasteiger partial charge in [-0.1, -0.05) is 30.0 Å². The molecular weight excluding hydrogens is 456 g/mol. The molecule has 0 atom stereocenters. The lowest BCUT2D eigenvalue weighted by atomic mass is 10.1. The molecule has 34 heavy (non-hydrogen) atoms. The Balaban J connectivity index is 0.000000350. The molecule has 0 spiro atoms. The Morgan fingerprint density at radius 1 is 0.912 bits per heavy atom. The summed E-state index contributed by atoms with van der Waals surface area (Å²) in [5, 5.41) is 15.6. The van der Waals surface area contributed by atoms with Crippen LogP contribution in [-0.4, -0.2) is 79.4 Å². The van der Waals surface area contributed by atoms with Gasteiger partial charge in [-0.15, -0.1) is 0 Å². The van der Waals surface area contributed by atoms with E-state index in [1.807, 2.05) is 0 Å². The molecule has 180 valence electrons. The fourth-order valence-corrected chi connectivity index (χ4v) is 4.70. The zero-order chi connectivity index (χ0) is 24.7. The highest BCUT2D eigenvalue weighted by molar-refractivity contribution is 7.99. The maximum atomic E-state index is 9.55. The molecule has 0 radical (unpaired) electrons. The number of benzene rings is 2. The number of ether oxygens (including phenoxy) is 2. The summed E-state index contributed by atoms with van der Waals surface area (Å²) in [5.74, 6) is -0.964. The third kappa shape index (κ3) is 6.33. The number of methoxy groups -OCH3 is 2. The van der Waals surface area contributed by atoms with Crippen LogP contribution in [0.2, 0.25) is 0 Å². The van der Waals surface area contributed by atoms with Crippen molar-refractivity contribution in [1.29, 1.82) is 0 Å². The minimum Gasteiger partial charge on any atom is -0.493 e. The van der Waals surface area contributed by atoms with Crippen molar-refractivity contribution in [3.63, 3.8) is 0 Å². The second-order valence-electron chi connectivity index (χ2n) is 7.67. The lowest BCUT2D eigenvalue weighted by Gasteiger charge is -2.36. The summed E-state index contributed by atoms with van der Waals surface area (Å²) in [5.41, 5.74) is 3.75. The lowest BCUT2D eigenvalue weighted by Crippen LogP contribution is -2.43. The molecule has 2 aliphatic heterocycles. The highest BCUT2D eigenvalue weighted by atomic mass is 32.2. The first-order chi connectivity index (χ1) is 16.3. The van der Waals surface area contributed by atoms with E-state index < -0.39 is 11.9 Å². The molecule has 0 bridgehead atoms. The van der Waals surface area contributed by atoms with Crippen molar-refractivity contribution in [2.45, 2.75) is 9.79 Å². The van der Waals surface area contributed by atoms with Crippen LogP contribution in [0.3, 0.4) is 0 Å². The van der Waals surface area contributed by atoms with Crippen LogP contribution in [-0.2, 0) is 9.59 Å². The second kappa shape index (κ2) is 11.6. The summed E-state index contributed by atoms with van der Waals surface area (Å²) in [6.45, 7) is 4.22. The van der Waals surface area contributed by atoms with Gasteiger partial charge in [-0.3, -0.25) is 0 Å². The predicted octanol–water partition coefficient (Wildman–Crippen LogP) is 3.63. The van der Waals surface area contributed by atoms with E-state index in [9.17, 15) is 9.59 Å². The number of carbonyl (C=O) groups is 2. The Morgan fingerprint density at radius 2 is 1.50 bits per heavy atom. The number of hydrogen-bond acceptors (Lipinski definition) is 7. The van der Waals surface area contributed by atoms with Crippen LogP contribution in [0.5, 0.6) is 11.5 Å². The molecule has 2 heterocycles. The number of likely N-dealkylation sites (N-methyl/N-ethyl adjacent to an activating group) is 1. The quantitative estimate of drug-likeness (QED) is 0.616. The number of hydrogen-bond donors (Lipinski definition) is 2. The molecule has 0 aromatic heterocycles. The van der Waals surface area contributed by atoms with E-state index in [-0.39, 0.29) is 0 Å².